The molecule has 0 aliphatic carbocycles. The van der Waals surface area contributed by atoms with Crippen molar-refractivity contribution in [3.05, 3.63) is 34.7 Å². The molecule has 26 heavy (non-hydrogen) atoms. The number of hydroxylamine groups is 1. The molecule has 1 aromatic carbocycles. The van der Waals surface area contributed by atoms with E-state index in [1.165, 1.54) is 23.9 Å². The van der Waals surface area contributed by atoms with Gasteiger partial charge in [0.05, 0.1) is 16.8 Å². The smallest absolute Gasteiger partial charge is 0.186 e. The average molecular weight is 425 g/mol. The summed E-state index contributed by atoms with van der Waals surface area (Å²) in [6.07, 6.45) is 0. The van der Waals surface area contributed by atoms with Gasteiger partial charge in [-0.1, -0.05) is 34.3 Å². The maximum absolute atomic E-state index is 13.2. The van der Waals surface area contributed by atoms with Gasteiger partial charge < -0.3 is 0 Å². The van der Waals surface area contributed by atoms with E-state index in [2.05, 4.69) is 24.7 Å². The van der Waals surface area contributed by atoms with Crippen LogP contribution in [0.5, 0.6) is 0 Å². The Bertz CT molecular complexity index is 823. The van der Waals surface area contributed by atoms with E-state index in [0.29, 0.717) is 17.3 Å². The SMILES string of the molecule is ONC(=Nc1ccc(F)c(Cl)c1)c1nonc1SCC1CNS(O)(O)N1. The molecule has 0 radical (unpaired) electrons. The Morgan fingerprint density at radius 3 is 2.96 bits per heavy atom. The molecule has 1 saturated heterocycles. The fraction of sp³-hybridized carbons (Fsp3) is 0.250. The van der Waals surface area contributed by atoms with Crippen LogP contribution in [0.1, 0.15) is 5.69 Å². The monoisotopic (exact) mass is 424 g/mol. The van der Waals surface area contributed by atoms with Gasteiger partial charge in [-0.25, -0.2) is 23.5 Å². The number of amidine groups is 1. The molecule has 1 unspecified atom stereocenters. The third-order valence-corrected chi connectivity index (χ3v) is 5.85. The highest BCUT2D eigenvalue weighted by atomic mass is 35.5. The molecule has 1 aliphatic heterocycles. The van der Waals surface area contributed by atoms with Crippen LogP contribution < -0.4 is 14.9 Å². The maximum atomic E-state index is 13.2. The van der Waals surface area contributed by atoms with Crippen molar-refractivity contribution in [3.63, 3.8) is 0 Å². The van der Waals surface area contributed by atoms with Crippen molar-refractivity contribution in [1.29, 1.82) is 0 Å². The number of hydrogen-bond acceptors (Lipinski definition) is 10. The van der Waals surface area contributed by atoms with Crippen LogP contribution in [0.15, 0.2) is 32.8 Å². The highest BCUT2D eigenvalue weighted by molar-refractivity contribution is 8.21. The van der Waals surface area contributed by atoms with Crippen LogP contribution in [0.25, 0.3) is 0 Å². The van der Waals surface area contributed by atoms with E-state index < -0.39 is 16.8 Å². The quantitative estimate of drug-likeness (QED) is 0.182. The molecule has 6 N–H and O–H groups in total. The summed E-state index contributed by atoms with van der Waals surface area (Å²) in [6.45, 7) is 0.364. The van der Waals surface area contributed by atoms with Gasteiger partial charge in [0.25, 0.3) is 0 Å². The molecule has 1 aliphatic rings. The highest BCUT2D eigenvalue weighted by Gasteiger charge is 2.28. The number of nitrogens with zero attached hydrogens (tertiary/aromatic N) is 3. The molecule has 1 aromatic heterocycles. The Balaban J connectivity index is 1.74. The summed E-state index contributed by atoms with van der Waals surface area (Å²) < 4.78 is 42.1. The Morgan fingerprint density at radius 1 is 1.50 bits per heavy atom. The normalized spacial score (nSPS) is 21.0. The first-order valence-electron chi connectivity index (χ1n) is 7.07. The minimum Gasteiger partial charge on any atom is -0.290 e. The fourth-order valence-corrected chi connectivity index (χ4v) is 4.39. The van der Waals surface area contributed by atoms with Crippen LogP contribution in [-0.4, -0.2) is 48.8 Å². The third kappa shape index (κ3) is 4.63. The van der Waals surface area contributed by atoms with Gasteiger partial charge in [0.1, 0.15) is 5.82 Å². The predicted octanol–water partition coefficient (Wildman–Crippen LogP) is 2.15. The number of hydrogen-bond donors (Lipinski definition) is 6. The first-order chi connectivity index (χ1) is 12.4. The van der Waals surface area contributed by atoms with Gasteiger partial charge in [0.2, 0.25) is 0 Å². The summed E-state index contributed by atoms with van der Waals surface area (Å²) in [5, 5.41) is 17.0. The zero-order valence-electron chi connectivity index (χ0n) is 12.9. The van der Waals surface area contributed by atoms with Crippen molar-refractivity contribution in [1.82, 2.24) is 25.2 Å². The molecule has 2 heterocycles. The second-order valence-corrected chi connectivity index (χ2v) is 8.15. The molecule has 142 valence electrons. The number of aromatic nitrogens is 2. The van der Waals surface area contributed by atoms with Crippen molar-refractivity contribution in [2.24, 2.45) is 4.99 Å². The number of halogens is 2. The second-order valence-electron chi connectivity index (χ2n) is 5.11. The van der Waals surface area contributed by atoms with Gasteiger partial charge in [0, 0.05) is 12.3 Å². The second kappa shape index (κ2) is 8.06. The third-order valence-electron chi connectivity index (χ3n) is 3.22. The molecule has 10 nitrogen and oxygen atoms in total. The topological polar surface area (TPSA) is 148 Å². The van der Waals surface area contributed by atoms with Gasteiger partial charge in [-0.15, -0.1) is 0 Å². The van der Waals surface area contributed by atoms with E-state index in [4.69, 9.17) is 16.2 Å². The molecule has 0 saturated carbocycles. The molecular weight excluding hydrogens is 411 g/mol. The number of thioether (sulfide) groups is 1. The summed E-state index contributed by atoms with van der Waals surface area (Å²) in [6, 6.07) is 3.59. The number of rotatable bonds is 5. The Labute approximate surface area is 157 Å². The number of aliphatic imine (C=N–C) groups is 1. The highest BCUT2D eigenvalue weighted by Crippen LogP contribution is 2.34. The standard InChI is InChI=1S/C12H14ClFN6O4S2/c13-8-3-6(1-2-9(8)14)16-11(17-21)10-12(19-24-18-10)25-5-7-4-15-26(22,23)20-7/h1-3,7,15,20-23H,4-5H2,(H,16,17). The summed E-state index contributed by atoms with van der Waals surface area (Å²) in [5.41, 5.74) is 2.32. The summed E-state index contributed by atoms with van der Waals surface area (Å²) >= 11 is 6.93. The van der Waals surface area contributed by atoms with Crippen LogP contribution in [0.2, 0.25) is 5.02 Å². The van der Waals surface area contributed by atoms with Crippen LogP contribution in [0, 0.1) is 5.82 Å². The fourth-order valence-electron chi connectivity index (χ4n) is 2.04. The van der Waals surface area contributed by atoms with E-state index in [1.807, 2.05) is 5.48 Å². The lowest BCUT2D eigenvalue weighted by Gasteiger charge is -2.26. The van der Waals surface area contributed by atoms with Crippen molar-refractivity contribution in [3.8, 4) is 0 Å². The molecule has 3 rings (SSSR count). The van der Waals surface area contributed by atoms with E-state index in [-0.39, 0.29) is 28.3 Å². The number of nitrogens with one attached hydrogen (secondary N) is 3. The van der Waals surface area contributed by atoms with Crippen molar-refractivity contribution in [2.75, 3.05) is 12.3 Å². The zero-order valence-corrected chi connectivity index (χ0v) is 15.3. The van der Waals surface area contributed by atoms with Gasteiger partial charge in [-0.05, 0) is 28.5 Å². The molecule has 14 heteroatoms. The van der Waals surface area contributed by atoms with Gasteiger partial charge >= 0.3 is 0 Å². The summed E-state index contributed by atoms with van der Waals surface area (Å²) in [5.74, 6) is -0.240. The van der Waals surface area contributed by atoms with E-state index >= 15 is 0 Å². The van der Waals surface area contributed by atoms with Crippen LogP contribution in [-0.2, 0) is 0 Å². The lowest BCUT2D eigenvalue weighted by Crippen LogP contribution is -2.27. The maximum Gasteiger partial charge on any atom is 0.186 e. The van der Waals surface area contributed by atoms with Crippen LogP contribution >= 0.6 is 34.3 Å². The first-order valence-corrected chi connectivity index (χ1v) is 9.98. The number of benzene rings is 1. The minimum atomic E-state index is -2.96. The largest absolute Gasteiger partial charge is 0.290 e. The van der Waals surface area contributed by atoms with Crippen molar-refractivity contribution in [2.45, 2.75) is 11.1 Å². The zero-order chi connectivity index (χ0) is 18.7. The van der Waals surface area contributed by atoms with Crippen LogP contribution in [0.4, 0.5) is 10.1 Å². The van der Waals surface area contributed by atoms with Crippen LogP contribution in [0.3, 0.4) is 0 Å². The Morgan fingerprint density at radius 2 is 2.31 bits per heavy atom. The average Bonchev–Trinajstić information content (AvgIpc) is 3.20. The van der Waals surface area contributed by atoms with Gasteiger partial charge in [-0.3, -0.25) is 19.8 Å². The first kappa shape index (κ1) is 19.3. The molecule has 0 bridgehead atoms. The van der Waals surface area contributed by atoms with E-state index in [1.54, 1.807) is 0 Å². The van der Waals surface area contributed by atoms with Gasteiger partial charge in [-0.2, -0.15) is 0 Å². The van der Waals surface area contributed by atoms with E-state index in [0.717, 1.165) is 6.07 Å². The molecule has 1 atom stereocenters. The Kier molecular flexibility index (Phi) is 5.99. The van der Waals surface area contributed by atoms with Gasteiger partial charge in [0.15, 0.2) is 16.6 Å². The van der Waals surface area contributed by atoms with E-state index in [9.17, 15) is 18.7 Å². The molecular formula is C12H14ClFN6O4S2. The Hall–Kier alpha value is -1.45. The molecule has 2 aromatic rings. The minimum absolute atomic E-state index is 0.0711. The summed E-state index contributed by atoms with van der Waals surface area (Å²) in [7, 11) is -2.96. The predicted molar refractivity (Wildman–Crippen MR) is 95.3 cm³/mol. The molecule has 0 spiro atoms. The lowest BCUT2D eigenvalue weighted by atomic mass is 10.3. The lowest BCUT2D eigenvalue weighted by molar-refractivity contribution is 0.234. The molecule has 1 fully saturated rings. The van der Waals surface area contributed by atoms with Crippen molar-refractivity contribution < 1.29 is 23.3 Å². The summed E-state index contributed by atoms with van der Waals surface area (Å²) in [4.78, 5) is 4.11. The molecule has 0 amide bonds. The van der Waals surface area contributed by atoms with Crippen molar-refractivity contribution >= 4 is 45.8 Å².